The van der Waals surface area contributed by atoms with Gasteiger partial charge in [0.2, 0.25) is 0 Å². The molecule has 1 aromatic carbocycles. The van der Waals surface area contributed by atoms with Gasteiger partial charge in [-0.15, -0.1) is 0 Å². The summed E-state index contributed by atoms with van der Waals surface area (Å²) in [6.07, 6.45) is 4.60. The molecule has 1 fully saturated rings. The summed E-state index contributed by atoms with van der Waals surface area (Å²) < 4.78 is 5.59. The van der Waals surface area contributed by atoms with Gasteiger partial charge in [-0.25, -0.2) is 0 Å². The maximum Gasteiger partial charge on any atom is 0.0580 e. The van der Waals surface area contributed by atoms with Crippen LogP contribution in [0.5, 0.6) is 0 Å². The first kappa shape index (κ1) is 16.1. The smallest absolute Gasteiger partial charge is 0.0580 e. The molecule has 0 bridgehead atoms. The summed E-state index contributed by atoms with van der Waals surface area (Å²) in [7, 11) is 0. The van der Waals surface area contributed by atoms with Crippen molar-refractivity contribution in [2.45, 2.75) is 44.8 Å². The van der Waals surface area contributed by atoms with E-state index in [1.54, 1.807) is 6.07 Å². The standard InChI is InChI=1S/C15H22Cl2N2O/c1-2-20-14-6-10(7-14)5-13(19-18)8-11-3-4-12(16)9-15(11)17/h3-4,9-10,13-14,19H,2,5-8,18H2,1H3. The van der Waals surface area contributed by atoms with E-state index in [0.29, 0.717) is 22.1 Å². The first-order chi connectivity index (χ1) is 9.62. The summed E-state index contributed by atoms with van der Waals surface area (Å²) in [5.41, 5.74) is 3.99. The third-order valence-electron chi connectivity index (χ3n) is 3.93. The largest absolute Gasteiger partial charge is 0.378 e. The lowest BCUT2D eigenvalue weighted by Crippen LogP contribution is -2.42. The zero-order valence-electron chi connectivity index (χ0n) is 11.7. The molecule has 3 nitrogen and oxygen atoms in total. The quantitative estimate of drug-likeness (QED) is 0.597. The molecule has 0 heterocycles. The van der Waals surface area contributed by atoms with Crippen LogP contribution in [0.4, 0.5) is 0 Å². The molecule has 0 aliphatic heterocycles. The fourth-order valence-corrected chi connectivity index (χ4v) is 3.29. The van der Waals surface area contributed by atoms with E-state index in [-0.39, 0.29) is 6.04 Å². The molecule has 20 heavy (non-hydrogen) atoms. The number of ether oxygens (including phenoxy) is 1. The number of benzene rings is 1. The summed E-state index contributed by atoms with van der Waals surface area (Å²) in [5, 5.41) is 1.37. The highest BCUT2D eigenvalue weighted by Crippen LogP contribution is 2.34. The number of halogens is 2. The van der Waals surface area contributed by atoms with Crippen LogP contribution in [0.1, 0.15) is 31.7 Å². The zero-order chi connectivity index (χ0) is 14.5. The van der Waals surface area contributed by atoms with E-state index in [0.717, 1.165) is 37.9 Å². The molecule has 0 amide bonds. The van der Waals surface area contributed by atoms with Gasteiger partial charge in [0.05, 0.1) is 6.10 Å². The molecule has 1 aliphatic carbocycles. The van der Waals surface area contributed by atoms with Crippen LogP contribution >= 0.6 is 23.2 Å². The van der Waals surface area contributed by atoms with Gasteiger partial charge in [-0.1, -0.05) is 29.3 Å². The van der Waals surface area contributed by atoms with Gasteiger partial charge in [0.1, 0.15) is 0 Å². The first-order valence-corrected chi connectivity index (χ1v) is 7.89. The molecule has 5 heteroatoms. The van der Waals surface area contributed by atoms with Crippen molar-refractivity contribution >= 4 is 23.2 Å². The fraction of sp³-hybridized carbons (Fsp3) is 0.600. The van der Waals surface area contributed by atoms with Crippen molar-refractivity contribution in [1.82, 2.24) is 5.43 Å². The van der Waals surface area contributed by atoms with Gasteiger partial charge in [0.25, 0.3) is 0 Å². The van der Waals surface area contributed by atoms with Crippen LogP contribution in [0.2, 0.25) is 10.0 Å². The van der Waals surface area contributed by atoms with E-state index in [1.165, 1.54) is 0 Å². The molecular weight excluding hydrogens is 295 g/mol. The Labute approximate surface area is 130 Å². The Morgan fingerprint density at radius 2 is 2.15 bits per heavy atom. The zero-order valence-corrected chi connectivity index (χ0v) is 13.3. The molecule has 1 unspecified atom stereocenters. The second-order valence-electron chi connectivity index (χ2n) is 5.45. The molecule has 0 saturated heterocycles. The Kier molecular flexibility index (Phi) is 6.12. The molecule has 1 aromatic rings. The highest BCUT2D eigenvalue weighted by molar-refractivity contribution is 6.35. The minimum Gasteiger partial charge on any atom is -0.378 e. The van der Waals surface area contributed by atoms with Crippen molar-refractivity contribution in [3.05, 3.63) is 33.8 Å². The monoisotopic (exact) mass is 316 g/mol. The van der Waals surface area contributed by atoms with Crippen LogP contribution in [0.25, 0.3) is 0 Å². The lowest BCUT2D eigenvalue weighted by atomic mass is 9.77. The number of rotatable bonds is 7. The fourth-order valence-electron chi connectivity index (χ4n) is 2.80. The van der Waals surface area contributed by atoms with Gasteiger partial charge in [0.15, 0.2) is 0 Å². The molecular formula is C15H22Cl2N2O. The van der Waals surface area contributed by atoms with Gasteiger partial charge in [-0.2, -0.15) is 0 Å². The Hall–Kier alpha value is -0.320. The molecule has 2 rings (SSSR count). The van der Waals surface area contributed by atoms with E-state index in [4.69, 9.17) is 33.8 Å². The molecule has 0 aromatic heterocycles. The summed E-state index contributed by atoms with van der Waals surface area (Å²) in [5.74, 6) is 6.36. The van der Waals surface area contributed by atoms with Gasteiger partial charge in [-0.3, -0.25) is 11.3 Å². The van der Waals surface area contributed by atoms with Crippen LogP contribution in [-0.4, -0.2) is 18.8 Å². The molecule has 1 saturated carbocycles. The van der Waals surface area contributed by atoms with Crippen molar-refractivity contribution in [3.8, 4) is 0 Å². The maximum absolute atomic E-state index is 6.21. The van der Waals surface area contributed by atoms with Gasteiger partial charge < -0.3 is 4.74 Å². The molecule has 0 radical (unpaired) electrons. The van der Waals surface area contributed by atoms with Crippen LogP contribution in [0.3, 0.4) is 0 Å². The minimum atomic E-state index is 0.237. The number of hydrogen-bond donors (Lipinski definition) is 2. The summed E-state index contributed by atoms with van der Waals surface area (Å²) >= 11 is 12.1. The third-order valence-corrected chi connectivity index (χ3v) is 4.52. The van der Waals surface area contributed by atoms with Crippen molar-refractivity contribution in [2.24, 2.45) is 11.8 Å². The van der Waals surface area contributed by atoms with E-state index in [1.807, 2.05) is 19.1 Å². The maximum atomic E-state index is 6.21. The van der Waals surface area contributed by atoms with Crippen molar-refractivity contribution in [1.29, 1.82) is 0 Å². The van der Waals surface area contributed by atoms with Gasteiger partial charge in [-0.05, 0) is 56.2 Å². The van der Waals surface area contributed by atoms with Crippen LogP contribution in [0.15, 0.2) is 18.2 Å². The van der Waals surface area contributed by atoms with Crippen molar-refractivity contribution < 1.29 is 4.74 Å². The molecule has 112 valence electrons. The van der Waals surface area contributed by atoms with Crippen LogP contribution in [0, 0.1) is 5.92 Å². The predicted octanol–water partition coefficient (Wildman–Crippen LogP) is 3.57. The van der Waals surface area contributed by atoms with Crippen LogP contribution in [-0.2, 0) is 11.2 Å². The summed E-state index contributed by atoms with van der Waals surface area (Å²) in [4.78, 5) is 0. The topological polar surface area (TPSA) is 47.3 Å². The average Bonchev–Trinajstić information content (AvgIpc) is 2.37. The average molecular weight is 317 g/mol. The van der Waals surface area contributed by atoms with Gasteiger partial charge >= 0.3 is 0 Å². The second-order valence-corrected chi connectivity index (χ2v) is 6.30. The van der Waals surface area contributed by atoms with Crippen LogP contribution < -0.4 is 11.3 Å². The number of hydrogen-bond acceptors (Lipinski definition) is 3. The van der Waals surface area contributed by atoms with E-state index in [2.05, 4.69) is 5.43 Å². The summed E-state index contributed by atoms with van der Waals surface area (Å²) in [6, 6.07) is 5.85. The highest BCUT2D eigenvalue weighted by atomic mass is 35.5. The third kappa shape index (κ3) is 4.34. The number of nitrogens with one attached hydrogen (secondary N) is 1. The SMILES string of the molecule is CCOC1CC(CC(Cc2ccc(Cl)cc2Cl)NN)C1. The Balaban J connectivity index is 1.84. The molecule has 3 N–H and O–H groups in total. The Morgan fingerprint density at radius 1 is 1.40 bits per heavy atom. The molecule has 0 spiro atoms. The Bertz CT molecular complexity index is 436. The number of nitrogens with two attached hydrogens (primary N) is 1. The summed E-state index contributed by atoms with van der Waals surface area (Å²) in [6.45, 7) is 2.84. The number of hydrazine groups is 1. The predicted molar refractivity (Wildman–Crippen MR) is 84.0 cm³/mol. The Morgan fingerprint density at radius 3 is 2.75 bits per heavy atom. The normalized spacial score (nSPS) is 23.4. The highest BCUT2D eigenvalue weighted by Gasteiger charge is 2.31. The second kappa shape index (κ2) is 7.62. The van der Waals surface area contributed by atoms with E-state index < -0.39 is 0 Å². The van der Waals surface area contributed by atoms with E-state index >= 15 is 0 Å². The molecule has 1 aliphatic rings. The van der Waals surface area contributed by atoms with E-state index in [9.17, 15) is 0 Å². The van der Waals surface area contributed by atoms with Crippen molar-refractivity contribution in [2.75, 3.05) is 6.61 Å². The lowest BCUT2D eigenvalue weighted by Gasteiger charge is -2.37. The lowest BCUT2D eigenvalue weighted by molar-refractivity contribution is -0.0290. The molecule has 1 atom stereocenters. The van der Waals surface area contributed by atoms with Crippen molar-refractivity contribution in [3.63, 3.8) is 0 Å². The van der Waals surface area contributed by atoms with Gasteiger partial charge in [0, 0.05) is 22.7 Å². The minimum absolute atomic E-state index is 0.237. The first-order valence-electron chi connectivity index (χ1n) is 7.14.